The van der Waals surface area contributed by atoms with Gasteiger partial charge in [0.25, 0.3) is 0 Å². The Kier molecular flexibility index (Phi) is 4.27. The van der Waals surface area contributed by atoms with E-state index in [-0.39, 0.29) is 16.8 Å². The van der Waals surface area contributed by atoms with Gasteiger partial charge in [-0.2, -0.15) is 0 Å². The van der Waals surface area contributed by atoms with Crippen LogP contribution in [-0.2, 0) is 9.53 Å². The van der Waals surface area contributed by atoms with E-state index in [9.17, 15) is 4.79 Å². The van der Waals surface area contributed by atoms with Crippen molar-refractivity contribution < 1.29 is 9.53 Å². The van der Waals surface area contributed by atoms with Crippen LogP contribution >= 0.6 is 0 Å². The van der Waals surface area contributed by atoms with Crippen LogP contribution < -0.4 is 0 Å². The van der Waals surface area contributed by atoms with Crippen LogP contribution in [0, 0.1) is 22.7 Å². The fraction of sp³-hybridized carbons (Fsp3) is 0.933. The van der Waals surface area contributed by atoms with Crippen LogP contribution in [0.3, 0.4) is 0 Å². The van der Waals surface area contributed by atoms with Crippen LogP contribution in [0.15, 0.2) is 0 Å². The molecule has 0 heterocycles. The first-order valence-corrected chi connectivity index (χ1v) is 6.97. The molecule has 100 valence electrons. The van der Waals surface area contributed by atoms with Crippen LogP contribution in [0.25, 0.3) is 0 Å². The van der Waals surface area contributed by atoms with Gasteiger partial charge >= 0.3 is 5.97 Å². The molecule has 2 nitrogen and oxygen atoms in total. The highest BCUT2D eigenvalue weighted by molar-refractivity contribution is 5.77. The van der Waals surface area contributed by atoms with Crippen LogP contribution in [0.2, 0.25) is 0 Å². The van der Waals surface area contributed by atoms with Crippen molar-refractivity contribution in [3.05, 3.63) is 0 Å². The highest BCUT2D eigenvalue weighted by Gasteiger charge is 2.54. The standard InChI is InChI=1S/C15H28O2/c1-7-12-14(4,5)10-9-11(3)15(12,6)13(16)17-8-2/h11-12H,7-10H2,1-6H3. The summed E-state index contributed by atoms with van der Waals surface area (Å²) in [6.45, 7) is 13.5. The second kappa shape index (κ2) is 4.99. The van der Waals surface area contributed by atoms with Crippen LogP contribution in [0.5, 0.6) is 0 Å². The first-order chi connectivity index (χ1) is 7.80. The lowest BCUT2D eigenvalue weighted by molar-refractivity contribution is -0.172. The monoisotopic (exact) mass is 240 g/mol. The summed E-state index contributed by atoms with van der Waals surface area (Å²) in [4.78, 5) is 12.4. The molecule has 0 aliphatic heterocycles. The summed E-state index contributed by atoms with van der Waals surface area (Å²) in [6, 6.07) is 0. The van der Waals surface area contributed by atoms with Gasteiger partial charge in [-0.3, -0.25) is 4.79 Å². The Bertz CT molecular complexity index is 283. The van der Waals surface area contributed by atoms with Crippen molar-refractivity contribution in [3.8, 4) is 0 Å². The Morgan fingerprint density at radius 3 is 2.35 bits per heavy atom. The maximum absolute atomic E-state index is 12.4. The molecule has 0 aromatic heterocycles. The average Bonchev–Trinajstić information content (AvgIpc) is 2.25. The molecular formula is C15H28O2. The number of esters is 1. The molecule has 3 atom stereocenters. The lowest BCUT2D eigenvalue weighted by Gasteiger charge is -2.52. The summed E-state index contributed by atoms with van der Waals surface area (Å²) in [5, 5.41) is 0. The third-order valence-electron chi connectivity index (χ3n) is 5.04. The maximum atomic E-state index is 12.4. The van der Waals surface area contributed by atoms with Gasteiger partial charge in [0.15, 0.2) is 0 Å². The molecule has 3 unspecified atom stereocenters. The van der Waals surface area contributed by atoms with Crippen molar-refractivity contribution in [2.75, 3.05) is 6.61 Å². The van der Waals surface area contributed by atoms with Gasteiger partial charge in [0.2, 0.25) is 0 Å². The SMILES string of the molecule is CCOC(=O)C1(C)C(C)CCC(C)(C)C1CC. The summed E-state index contributed by atoms with van der Waals surface area (Å²) in [6.07, 6.45) is 3.38. The highest BCUT2D eigenvalue weighted by atomic mass is 16.5. The molecule has 1 aliphatic carbocycles. The zero-order valence-corrected chi connectivity index (χ0v) is 12.3. The molecule has 0 aromatic carbocycles. The second-order valence-electron chi connectivity index (χ2n) is 6.39. The van der Waals surface area contributed by atoms with Crippen molar-refractivity contribution in [3.63, 3.8) is 0 Å². The Labute approximate surface area is 106 Å². The van der Waals surface area contributed by atoms with Crippen molar-refractivity contribution in [1.82, 2.24) is 0 Å². The van der Waals surface area contributed by atoms with Gasteiger partial charge in [-0.1, -0.05) is 34.1 Å². The minimum absolute atomic E-state index is 0.00660. The van der Waals surface area contributed by atoms with E-state index >= 15 is 0 Å². The quantitative estimate of drug-likeness (QED) is 0.696. The van der Waals surface area contributed by atoms with Gasteiger partial charge in [0, 0.05) is 0 Å². The zero-order valence-electron chi connectivity index (χ0n) is 12.3. The lowest BCUT2D eigenvalue weighted by atomic mass is 9.52. The first-order valence-electron chi connectivity index (χ1n) is 6.97. The number of hydrogen-bond acceptors (Lipinski definition) is 2. The minimum Gasteiger partial charge on any atom is -0.466 e. The van der Waals surface area contributed by atoms with Gasteiger partial charge in [-0.05, 0) is 43.9 Å². The molecule has 0 saturated heterocycles. The molecular weight excluding hydrogens is 212 g/mol. The summed E-state index contributed by atoms with van der Waals surface area (Å²) < 4.78 is 5.34. The summed E-state index contributed by atoms with van der Waals surface area (Å²) >= 11 is 0. The Hall–Kier alpha value is -0.530. The smallest absolute Gasteiger partial charge is 0.312 e. The van der Waals surface area contributed by atoms with Gasteiger partial charge < -0.3 is 4.74 Å². The van der Waals surface area contributed by atoms with Crippen molar-refractivity contribution in [2.45, 2.75) is 60.8 Å². The van der Waals surface area contributed by atoms with Crippen molar-refractivity contribution >= 4 is 5.97 Å². The van der Waals surface area contributed by atoms with E-state index < -0.39 is 0 Å². The molecule has 1 rings (SSSR count). The molecule has 1 aliphatic rings. The molecule has 2 heteroatoms. The van der Waals surface area contributed by atoms with Crippen LogP contribution in [0.1, 0.15) is 60.8 Å². The Morgan fingerprint density at radius 1 is 1.29 bits per heavy atom. The second-order valence-corrected chi connectivity index (χ2v) is 6.39. The van der Waals surface area contributed by atoms with E-state index in [4.69, 9.17) is 4.74 Å². The zero-order chi connectivity index (χ0) is 13.3. The van der Waals surface area contributed by atoms with Crippen LogP contribution in [-0.4, -0.2) is 12.6 Å². The molecule has 0 N–H and O–H groups in total. The summed E-state index contributed by atoms with van der Waals surface area (Å²) in [5.74, 6) is 0.837. The Morgan fingerprint density at radius 2 is 1.88 bits per heavy atom. The number of ether oxygens (including phenoxy) is 1. The lowest BCUT2D eigenvalue weighted by Crippen LogP contribution is -2.51. The normalized spacial score (nSPS) is 36.6. The highest BCUT2D eigenvalue weighted by Crippen LogP contribution is 2.55. The molecule has 0 amide bonds. The number of carbonyl (C=O) groups is 1. The van der Waals surface area contributed by atoms with E-state index in [1.54, 1.807) is 0 Å². The minimum atomic E-state index is -0.313. The molecule has 17 heavy (non-hydrogen) atoms. The van der Waals surface area contributed by atoms with E-state index in [2.05, 4.69) is 34.6 Å². The fourth-order valence-corrected chi connectivity index (χ4v) is 3.82. The third-order valence-corrected chi connectivity index (χ3v) is 5.04. The molecule has 1 fully saturated rings. The van der Waals surface area contributed by atoms with Crippen molar-refractivity contribution in [1.29, 1.82) is 0 Å². The maximum Gasteiger partial charge on any atom is 0.312 e. The van der Waals surface area contributed by atoms with Crippen molar-refractivity contribution in [2.24, 2.45) is 22.7 Å². The molecule has 1 saturated carbocycles. The van der Waals surface area contributed by atoms with E-state index in [0.717, 1.165) is 12.8 Å². The Balaban J connectivity index is 3.09. The number of rotatable bonds is 3. The van der Waals surface area contributed by atoms with E-state index in [1.165, 1.54) is 6.42 Å². The van der Waals surface area contributed by atoms with Gasteiger partial charge in [-0.25, -0.2) is 0 Å². The molecule has 0 spiro atoms. The first kappa shape index (κ1) is 14.5. The number of carbonyl (C=O) groups excluding carboxylic acids is 1. The predicted molar refractivity (Wildman–Crippen MR) is 70.7 cm³/mol. The topological polar surface area (TPSA) is 26.3 Å². The molecule has 0 radical (unpaired) electrons. The van der Waals surface area contributed by atoms with Gasteiger partial charge in [0.05, 0.1) is 12.0 Å². The summed E-state index contributed by atoms with van der Waals surface area (Å²) in [5.41, 5.74) is -0.0741. The molecule has 0 bridgehead atoms. The van der Waals surface area contributed by atoms with E-state index in [0.29, 0.717) is 18.4 Å². The average molecular weight is 240 g/mol. The predicted octanol–water partition coefficient (Wildman–Crippen LogP) is 4.04. The van der Waals surface area contributed by atoms with E-state index in [1.807, 2.05) is 6.92 Å². The third kappa shape index (κ3) is 2.36. The van der Waals surface area contributed by atoms with Gasteiger partial charge in [0.1, 0.15) is 0 Å². The van der Waals surface area contributed by atoms with Gasteiger partial charge in [-0.15, -0.1) is 0 Å². The number of hydrogen-bond donors (Lipinski definition) is 0. The van der Waals surface area contributed by atoms with Crippen LogP contribution in [0.4, 0.5) is 0 Å². The fourth-order valence-electron chi connectivity index (χ4n) is 3.82. The molecule has 0 aromatic rings. The largest absolute Gasteiger partial charge is 0.466 e. The summed E-state index contributed by atoms with van der Waals surface area (Å²) in [7, 11) is 0.